The number of nitrogens with zero attached hydrogens (tertiary/aromatic N) is 3. The Hall–Kier alpha value is -2.93. The van der Waals surface area contributed by atoms with Gasteiger partial charge in [0.1, 0.15) is 11.4 Å². The summed E-state index contributed by atoms with van der Waals surface area (Å²) in [6, 6.07) is 12.6. The molecule has 3 aliphatic rings. The first-order valence-corrected chi connectivity index (χ1v) is 10.4. The van der Waals surface area contributed by atoms with Crippen LogP contribution in [-0.4, -0.2) is 58.5 Å². The minimum atomic E-state index is -1.15. The Labute approximate surface area is 174 Å². The maximum Gasteiger partial charge on any atom is 0.254 e. The van der Waals surface area contributed by atoms with Gasteiger partial charge in [-0.25, -0.2) is 4.39 Å². The number of anilines is 1. The third-order valence-electron chi connectivity index (χ3n) is 6.38. The summed E-state index contributed by atoms with van der Waals surface area (Å²) in [5.41, 5.74) is 2.14. The van der Waals surface area contributed by atoms with Crippen molar-refractivity contribution in [2.45, 2.75) is 31.5 Å². The van der Waals surface area contributed by atoms with Gasteiger partial charge < -0.3 is 19.8 Å². The smallest absolute Gasteiger partial charge is 0.254 e. The molecule has 2 aliphatic heterocycles. The molecular formula is C23H24FN3O3. The van der Waals surface area contributed by atoms with Crippen molar-refractivity contribution in [1.29, 1.82) is 0 Å². The number of rotatable bonds is 3. The van der Waals surface area contributed by atoms with Crippen molar-refractivity contribution in [3.8, 4) is 0 Å². The van der Waals surface area contributed by atoms with E-state index in [-0.39, 0.29) is 17.6 Å². The molecule has 6 nitrogen and oxygen atoms in total. The summed E-state index contributed by atoms with van der Waals surface area (Å²) in [4.78, 5) is 30.6. The zero-order chi connectivity index (χ0) is 20.9. The second kappa shape index (κ2) is 7.09. The van der Waals surface area contributed by atoms with Crippen molar-refractivity contribution in [2.24, 2.45) is 0 Å². The Morgan fingerprint density at radius 2 is 1.57 bits per heavy atom. The molecule has 2 aromatic carbocycles. The summed E-state index contributed by atoms with van der Waals surface area (Å²) < 4.78 is 14.0. The third kappa shape index (κ3) is 3.33. The molecule has 156 valence electrons. The van der Waals surface area contributed by atoms with Gasteiger partial charge in [0.2, 0.25) is 0 Å². The van der Waals surface area contributed by atoms with Crippen LogP contribution in [0.5, 0.6) is 0 Å². The van der Waals surface area contributed by atoms with E-state index in [4.69, 9.17) is 0 Å². The van der Waals surface area contributed by atoms with Crippen molar-refractivity contribution in [1.82, 2.24) is 9.80 Å². The number of amides is 2. The van der Waals surface area contributed by atoms with E-state index < -0.39 is 5.60 Å². The molecular weight excluding hydrogens is 385 g/mol. The summed E-state index contributed by atoms with van der Waals surface area (Å²) in [5, 5.41) is 9.99. The molecule has 0 bridgehead atoms. The van der Waals surface area contributed by atoms with Crippen molar-refractivity contribution in [3.05, 3.63) is 65.0 Å². The molecule has 1 saturated carbocycles. The third-order valence-corrected chi connectivity index (χ3v) is 6.38. The van der Waals surface area contributed by atoms with Crippen LogP contribution in [0.25, 0.3) is 0 Å². The van der Waals surface area contributed by atoms with Crippen molar-refractivity contribution in [2.75, 3.05) is 31.1 Å². The quantitative estimate of drug-likeness (QED) is 0.844. The highest BCUT2D eigenvalue weighted by Crippen LogP contribution is 2.37. The molecule has 30 heavy (non-hydrogen) atoms. The van der Waals surface area contributed by atoms with Crippen LogP contribution >= 0.6 is 0 Å². The molecule has 1 N–H and O–H groups in total. The van der Waals surface area contributed by atoms with Gasteiger partial charge in [0.05, 0.1) is 0 Å². The van der Waals surface area contributed by atoms with Gasteiger partial charge >= 0.3 is 0 Å². The first-order valence-electron chi connectivity index (χ1n) is 10.4. The normalized spacial score (nSPS) is 19.6. The number of carbonyl (C=O) groups excluding carboxylic acids is 2. The average Bonchev–Trinajstić information content (AvgIpc) is 3.37. The summed E-state index contributed by atoms with van der Waals surface area (Å²) in [5.74, 6) is -0.440. The van der Waals surface area contributed by atoms with Gasteiger partial charge in [0.15, 0.2) is 0 Å². The lowest BCUT2D eigenvalue weighted by atomic mass is 10.1. The molecule has 1 aliphatic carbocycles. The second-order valence-electron chi connectivity index (χ2n) is 8.40. The number of carbonyl (C=O) groups is 2. The number of hydrogen-bond acceptors (Lipinski definition) is 4. The molecule has 0 aromatic heterocycles. The molecule has 0 radical (unpaired) electrons. The predicted molar refractivity (Wildman–Crippen MR) is 109 cm³/mol. The van der Waals surface area contributed by atoms with Crippen LogP contribution in [0.1, 0.15) is 34.3 Å². The van der Waals surface area contributed by atoms with Crippen LogP contribution in [0, 0.1) is 5.82 Å². The van der Waals surface area contributed by atoms with Crippen LogP contribution in [0.3, 0.4) is 0 Å². The van der Waals surface area contributed by atoms with Gasteiger partial charge in [-0.15, -0.1) is 0 Å². The van der Waals surface area contributed by atoms with Crippen LogP contribution in [0.15, 0.2) is 42.5 Å². The number of benzene rings is 2. The predicted octanol–water partition coefficient (Wildman–Crippen LogP) is 2.16. The van der Waals surface area contributed by atoms with Crippen molar-refractivity contribution < 1.29 is 19.1 Å². The SMILES string of the molecule is O=C(c1ccc(N2Cc3cccc(F)c3C2)cc1)N1CCN(C(=O)C2(O)CC2)CC1. The first kappa shape index (κ1) is 19.1. The van der Waals surface area contributed by atoms with E-state index >= 15 is 0 Å². The Morgan fingerprint density at radius 3 is 2.20 bits per heavy atom. The lowest BCUT2D eigenvalue weighted by Gasteiger charge is -2.35. The number of aliphatic hydroxyl groups is 1. The molecule has 0 spiro atoms. The summed E-state index contributed by atoms with van der Waals surface area (Å²) in [6.45, 7) is 3.00. The van der Waals surface area contributed by atoms with Gasteiger partial charge in [-0.3, -0.25) is 9.59 Å². The molecule has 2 amide bonds. The van der Waals surface area contributed by atoms with Gasteiger partial charge in [-0.1, -0.05) is 12.1 Å². The Bertz CT molecular complexity index is 995. The number of piperazine rings is 1. The highest BCUT2D eigenvalue weighted by Gasteiger charge is 2.50. The van der Waals surface area contributed by atoms with Gasteiger partial charge in [-0.2, -0.15) is 0 Å². The molecule has 7 heteroatoms. The fraction of sp³-hybridized carbons (Fsp3) is 0.391. The second-order valence-corrected chi connectivity index (χ2v) is 8.40. The largest absolute Gasteiger partial charge is 0.380 e. The molecule has 5 rings (SSSR count). The average molecular weight is 409 g/mol. The summed E-state index contributed by atoms with van der Waals surface area (Å²) in [7, 11) is 0. The zero-order valence-corrected chi connectivity index (χ0v) is 16.7. The maximum absolute atomic E-state index is 14.0. The molecule has 1 saturated heterocycles. The standard InChI is InChI=1S/C23H24FN3O3/c24-20-3-1-2-17-14-27(15-19(17)20)18-6-4-16(5-7-18)21(28)25-10-12-26(13-11-25)22(29)23(30)8-9-23/h1-7,30H,8-15H2. The van der Waals surface area contributed by atoms with E-state index in [2.05, 4.69) is 4.90 Å². The minimum absolute atomic E-state index is 0.0606. The van der Waals surface area contributed by atoms with Gasteiger partial charge in [0, 0.05) is 56.1 Å². The summed E-state index contributed by atoms with van der Waals surface area (Å²) >= 11 is 0. The van der Waals surface area contributed by atoms with E-state index in [0.29, 0.717) is 57.7 Å². The Balaban J connectivity index is 1.21. The van der Waals surface area contributed by atoms with Crippen LogP contribution in [0.2, 0.25) is 0 Å². The minimum Gasteiger partial charge on any atom is -0.380 e. The highest BCUT2D eigenvalue weighted by atomic mass is 19.1. The van der Waals surface area contributed by atoms with E-state index in [1.807, 2.05) is 18.2 Å². The molecule has 2 aromatic rings. The monoisotopic (exact) mass is 409 g/mol. The molecule has 2 fully saturated rings. The lowest BCUT2D eigenvalue weighted by molar-refractivity contribution is -0.143. The molecule has 2 heterocycles. The number of hydrogen-bond donors (Lipinski definition) is 1. The van der Waals surface area contributed by atoms with Crippen molar-refractivity contribution in [3.63, 3.8) is 0 Å². The Kier molecular flexibility index (Phi) is 4.50. The fourth-order valence-corrected chi connectivity index (χ4v) is 4.30. The topological polar surface area (TPSA) is 64.1 Å². The molecule has 0 atom stereocenters. The van der Waals surface area contributed by atoms with E-state index in [1.54, 1.807) is 28.0 Å². The molecule has 0 unspecified atom stereocenters. The van der Waals surface area contributed by atoms with E-state index in [0.717, 1.165) is 16.8 Å². The van der Waals surface area contributed by atoms with Crippen LogP contribution < -0.4 is 4.90 Å². The maximum atomic E-state index is 14.0. The van der Waals surface area contributed by atoms with Crippen LogP contribution in [0.4, 0.5) is 10.1 Å². The van der Waals surface area contributed by atoms with Gasteiger partial charge in [-0.05, 0) is 48.7 Å². The summed E-state index contributed by atoms with van der Waals surface area (Å²) in [6.07, 6.45) is 1.07. The first-order chi connectivity index (χ1) is 14.4. The Morgan fingerprint density at radius 1 is 0.900 bits per heavy atom. The lowest BCUT2D eigenvalue weighted by Crippen LogP contribution is -2.53. The number of fused-ring (bicyclic) bond motifs is 1. The van der Waals surface area contributed by atoms with E-state index in [9.17, 15) is 19.1 Å². The fourth-order valence-electron chi connectivity index (χ4n) is 4.30. The highest BCUT2D eigenvalue weighted by molar-refractivity contribution is 5.95. The number of halogens is 1. The van der Waals surface area contributed by atoms with Gasteiger partial charge in [0.25, 0.3) is 11.8 Å². The van der Waals surface area contributed by atoms with E-state index in [1.165, 1.54) is 6.07 Å². The zero-order valence-electron chi connectivity index (χ0n) is 16.7. The van der Waals surface area contributed by atoms with Crippen LogP contribution in [-0.2, 0) is 17.9 Å². The van der Waals surface area contributed by atoms with Crippen molar-refractivity contribution >= 4 is 17.5 Å².